The summed E-state index contributed by atoms with van der Waals surface area (Å²) in [6.45, 7) is 4.48. The highest BCUT2D eigenvalue weighted by Gasteiger charge is 2.54. The number of ether oxygens (including phenoxy) is 2. The summed E-state index contributed by atoms with van der Waals surface area (Å²) in [6, 6.07) is 8.47. The number of rotatable bonds is 8. The van der Waals surface area contributed by atoms with Gasteiger partial charge in [-0.3, -0.25) is 19.3 Å². The fourth-order valence-electron chi connectivity index (χ4n) is 3.37. The number of carbonyl (C=O) groups excluding carboxylic acids is 4. The van der Waals surface area contributed by atoms with Crippen LogP contribution in [0.25, 0.3) is 0 Å². The molecule has 0 unspecified atom stereocenters. The minimum absolute atomic E-state index is 0.0653. The minimum atomic E-state index is -0.788. The molecule has 2 atom stereocenters. The van der Waals surface area contributed by atoms with Crippen LogP contribution in [0.2, 0.25) is 0 Å². The monoisotopic (exact) mass is 506 g/mol. The van der Waals surface area contributed by atoms with Crippen molar-refractivity contribution < 1.29 is 28.7 Å². The Morgan fingerprint density at radius 1 is 1.21 bits per heavy atom. The molecule has 0 aromatic heterocycles. The first kappa shape index (κ1) is 25.8. The Hall–Kier alpha value is -2.78. The molecule has 8 nitrogen and oxygen atoms in total. The van der Waals surface area contributed by atoms with Crippen LogP contribution >= 0.6 is 23.4 Å². The molecule has 10 heteroatoms. The number of β-lactam (4-membered cyclic amide) rings is 1. The fourth-order valence-corrected chi connectivity index (χ4v) is 4.78. The first-order valence-corrected chi connectivity index (χ1v) is 12.3. The number of amides is 2. The fraction of sp³-hybridized carbons (Fsp3) is 0.417. The molecule has 3 rings (SSSR count). The normalized spacial score (nSPS) is 20.0. The van der Waals surface area contributed by atoms with Gasteiger partial charge in [-0.1, -0.05) is 42.5 Å². The third-order valence-corrected chi connectivity index (χ3v) is 6.60. The highest BCUT2D eigenvalue weighted by molar-refractivity contribution is 8.00. The van der Waals surface area contributed by atoms with Gasteiger partial charge in [0.1, 0.15) is 17.1 Å². The summed E-state index contributed by atoms with van der Waals surface area (Å²) in [4.78, 5) is 51.6. The van der Waals surface area contributed by atoms with E-state index in [-0.39, 0.29) is 23.9 Å². The van der Waals surface area contributed by atoms with Crippen molar-refractivity contribution in [3.8, 4) is 0 Å². The second-order valence-corrected chi connectivity index (χ2v) is 10.2. The summed E-state index contributed by atoms with van der Waals surface area (Å²) in [5.74, 6) is -1.35. The lowest BCUT2D eigenvalue weighted by Gasteiger charge is -2.49. The van der Waals surface area contributed by atoms with Crippen LogP contribution in [0, 0.1) is 5.41 Å². The number of fused-ring (bicyclic) bond motifs is 1. The maximum atomic E-state index is 13.0. The summed E-state index contributed by atoms with van der Waals surface area (Å²) >= 11 is 7.18. The van der Waals surface area contributed by atoms with Gasteiger partial charge < -0.3 is 14.8 Å². The Morgan fingerprint density at radius 3 is 2.56 bits per heavy atom. The Balaban J connectivity index is 1.69. The summed E-state index contributed by atoms with van der Waals surface area (Å²) in [5, 5.41) is 2.33. The van der Waals surface area contributed by atoms with Gasteiger partial charge in [-0.2, -0.15) is 0 Å². The average molecular weight is 507 g/mol. The number of hydrogen-bond acceptors (Lipinski definition) is 7. The first-order valence-electron chi connectivity index (χ1n) is 10.7. The molecule has 2 heterocycles. The largest absolute Gasteiger partial charge is 0.427 e. The van der Waals surface area contributed by atoms with Crippen LogP contribution in [0.3, 0.4) is 0 Å². The van der Waals surface area contributed by atoms with Gasteiger partial charge in [0, 0.05) is 11.6 Å². The molecular weight excluding hydrogens is 480 g/mol. The van der Waals surface area contributed by atoms with E-state index in [1.807, 2.05) is 30.3 Å². The van der Waals surface area contributed by atoms with E-state index in [1.165, 1.54) is 16.7 Å². The number of hydrogen-bond donors (Lipinski definition) is 1. The average Bonchev–Trinajstić information content (AvgIpc) is 2.80. The van der Waals surface area contributed by atoms with Crippen molar-refractivity contribution in [1.29, 1.82) is 0 Å². The zero-order valence-electron chi connectivity index (χ0n) is 19.2. The van der Waals surface area contributed by atoms with E-state index in [1.54, 1.807) is 32.9 Å². The summed E-state index contributed by atoms with van der Waals surface area (Å²) in [6.07, 6.45) is 3.48. The van der Waals surface area contributed by atoms with Crippen LogP contribution in [-0.2, 0) is 35.1 Å². The van der Waals surface area contributed by atoms with Crippen molar-refractivity contribution in [3.05, 3.63) is 59.3 Å². The molecule has 1 aromatic carbocycles. The summed E-state index contributed by atoms with van der Waals surface area (Å²) in [5.41, 5.74) is 0.722. The standard InChI is InChI=1S/C24H27ClN2O6S/c1-24(2,3)23(31)33-14-32-22(30)19-16(10-7-11-25)13-34-21-18(20(29)27(19)21)26-17(28)12-15-8-5-4-6-9-15/h4-10,18,21H,11-14H2,1-3H3,(H,26,28)/b10-7+/t18-,21+/m1/s1. The number of esters is 2. The van der Waals surface area contributed by atoms with E-state index in [2.05, 4.69) is 5.32 Å². The Labute approximate surface area is 207 Å². The zero-order chi connectivity index (χ0) is 24.9. The Bertz CT molecular complexity index is 1020. The van der Waals surface area contributed by atoms with Crippen molar-refractivity contribution in [2.24, 2.45) is 5.41 Å². The molecule has 34 heavy (non-hydrogen) atoms. The van der Waals surface area contributed by atoms with Gasteiger partial charge >= 0.3 is 11.9 Å². The van der Waals surface area contributed by atoms with Crippen LogP contribution < -0.4 is 5.32 Å². The second-order valence-electron chi connectivity index (χ2n) is 8.78. The molecular formula is C24H27ClN2O6S. The molecule has 182 valence electrons. The lowest BCUT2D eigenvalue weighted by molar-refractivity contribution is -0.173. The number of carbonyl (C=O) groups is 4. The summed E-state index contributed by atoms with van der Waals surface area (Å²) < 4.78 is 10.2. The van der Waals surface area contributed by atoms with Crippen molar-refractivity contribution in [3.63, 3.8) is 0 Å². The molecule has 0 bridgehead atoms. The SMILES string of the molecule is CC(C)(C)C(=O)OCOC(=O)C1=C(/C=C/CCl)CS[C@H]2[C@H](NC(=O)Cc3ccccc3)C(=O)N12. The van der Waals surface area contributed by atoms with Gasteiger partial charge in [-0.05, 0) is 31.9 Å². The number of halogens is 1. The number of benzene rings is 1. The molecule has 1 N–H and O–H groups in total. The van der Waals surface area contributed by atoms with E-state index >= 15 is 0 Å². The predicted octanol–water partition coefficient (Wildman–Crippen LogP) is 2.77. The number of thioether (sulfide) groups is 1. The van der Waals surface area contributed by atoms with E-state index in [0.717, 1.165) is 5.56 Å². The molecule has 1 saturated heterocycles. The smallest absolute Gasteiger partial charge is 0.358 e. The molecule has 1 aromatic rings. The van der Waals surface area contributed by atoms with Gasteiger partial charge in [0.2, 0.25) is 12.7 Å². The first-order chi connectivity index (χ1) is 16.1. The summed E-state index contributed by atoms with van der Waals surface area (Å²) in [7, 11) is 0. The maximum absolute atomic E-state index is 13.0. The van der Waals surface area contributed by atoms with Crippen molar-refractivity contribution in [1.82, 2.24) is 10.2 Å². The second kappa shape index (κ2) is 11.1. The molecule has 0 aliphatic carbocycles. The molecule has 0 radical (unpaired) electrons. The third-order valence-electron chi connectivity index (χ3n) is 5.12. The molecule has 2 aliphatic heterocycles. The molecule has 0 spiro atoms. The van der Waals surface area contributed by atoms with Gasteiger partial charge in [0.15, 0.2) is 0 Å². The number of nitrogens with zero attached hydrogens (tertiary/aromatic N) is 1. The van der Waals surface area contributed by atoms with Gasteiger partial charge in [0.05, 0.1) is 11.8 Å². The van der Waals surface area contributed by atoms with Crippen LogP contribution in [0.1, 0.15) is 26.3 Å². The van der Waals surface area contributed by atoms with E-state index < -0.39 is 41.5 Å². The molecule has 1 fully saturated rings. The Morgan fingerprint density at radius 2 is 1.91 bits per heavy atom. The lowest BCUT2D eigenvalue weighted by Crippen LogP contribution is -2.70. The van der Waals surface area contributed by atoms with Crippen molar-refractivity contribution in [2.45, 2.75) is 38.6 Å². The number of nitrogens with one attached hydrogen (secondary N) is 1. The van der Waals surface area contributed by atoms with Crippen LogP contribution in [-0.4, -0.2) is 58.5 Å². The molecule has 0 saturated carbocycles. The third kappa shape index (κ3) is 6.01. The quantitative estimate of drug-likeness (QED) is 0.250. The van der Waals surface area contributed by atoms with Gasteiger partial charge in [-0.15, -0.1) is 23.4 Å². The van der Waals surface area contributed by atoms with Gasteiger partial charge in [0.25, 0.3) is 5.91 Å². The molecule has 2 amide bonds. The van der Waals surface area contributed by atoms with Crippen molar-refractivity contribution >= 4 is 47.1 Å². The predicted molar refractivity (Wildman–Crippen MR) is 129 cm³/mol. The minimum Gasteiger partial charge on any atom is -0.427 e. The number of alkyl halides is 1. The van der Waals surface area contributed by atoms with E-state index in [9.17, 15) is 19.2 Å². The zero-order valence-corrected chi connectivity index (χ0v) is 20.8. The van der Waals surface area contributed by atoms with Gasteiger partial charge in [-0.25, -0.2) is 4.79 Å². The number of allylic oxidation sites excluding steroid dienone is 2. The lowest BCUT2D eigenvalue weighted by atomic mass is 9.98. The van der Waals surface area contributed by atoms with E-state index in [0.29, 0.717) is 11.3 Å². The highest BCUT2D eigenvalue weighted by Crippen LogP contribution is 2.41. The van der Waals surface area contributed by atoms with E-state index in [4.69, 9.17) is 21.1 Å². The van der Waals surface area contributed by atoms with Crippen LogP contribution in [0.4, 0.5) is 0 Å². The van der Waals surface area contributed by atoms with Crippen molar-refractivity contribution in [2.75, 3.05) is 18.4 Å². The van der Waals surface area contributed by atoms with Crippen LogP contribution in [0.5, 0.6) is 0 Å². The Kier molecular flexibility index (Phi) is 8.43. The maximum Gasteiger partial charge on any atom is 0.358 e. The topological polar surface area (TPSA) is 102 Å². The van der Waals surface area contributed by atoms with Crippen LogP contribution in [0.15, 0.2) is 53.8 Å². The highest BCUT2D eigenvalue weighted by atomic mass is 35.5. The molecule has 2 aliphatic rings.